The molecule has 1 aliphatic rings. The molecular weight excluding hydrogens is 226 g/mol. The van der Waals surface area contributed by atoms with Crippen molar-refractivity contribution in [2.75, 3.05) is 11.1 Å². The lowest BCUT2D eigenvalue weighted by Crippen LogP contribution is -2.25. The van der Waals surface area contributed by atoms with Crippen LogP contribution in [-0.2, 0) is 0 Å². The number of hydrogen-bond donors (Lipinski definition) is 1. The largest absolute Gasteiger partial charge is 0.381 e. The average Bonchev–Trinajstić information content (AvgIpc) is 2.58. The van der Waals surface area contributed by atoms with Gasteiger partial charge in [0.25, 0.3) is 0 Å². The van der Waals surface area contributed by atoms with Crippen LogP contribution in [-0.4, -0.2) is 17.0 Å². The first kappa shape index (κ1) is 11.2. The molecule has 0 radical (unpaired) electrons. The number of hydrogen-bond acceptors (Lipinski definition) is 2. The minimum Gasteiger partial charge on any atom is -0.381 e. The summed E-state index contributed by atoms with van der Waals surface area (Å²) >= 11 is 8.03. The first-order valence-corrected chi connectivity index (χ1v) is 6.74. The number of anilines is 1. The summed E-state index contributed by atoms with van der Waals surface area (Å²) in [7, 11) is 0. The molecule has 2 unspecified atom stereocenters. The summed E-state index contributed by atoms with van der Waals surface area (Å²) in [5.74, 6) is 1.26. The van der Waals surface area contributed by atoms with Gasteiger partial charge in [-0.2, -0.15) is 11.8 Å². The van der Waals surface area contributed by atoms with E-state index in [9.17, 15) is 0 Å². The smallest absolute Gasteiger partial charge is 0.0426 e. The van der Waals surface area contributed by atoms with E-state index in [1.807, 2.05) is 23.9 Å². The molecule has 1 nitrogen and oxygen atoms in total. The maximum Gasteiger partial charge on any atom is 0.0426 e. The van der Waals surface area contributed by atoms with Crippen molar-refractivity contribution in [2.45, 2.75) is 31.6 Å². The minimum absolute atomic E-state index is 0.590. The molecule has 1 aliphatic heterocycles. The molecule has 0 amide bonds. The molecule has 82 valence electrons. The lowest BCUT2D eigenvalue weighted by atomic mass is 10.1. The second kappa shape index (κ2) is 4.67. The molecule has 3 heteroatoms. The third-order valence-corrected chi connectivity index (χ3v) is 4.48. The van der Waals surface area contributed by atoms with Gasteiger partial charge in [-0.05, 0) is 36.8 Å². The lowest BCUT2D eigenvalue weighted by Gasteiger charge is -2.19. The van der Waals surface area contributed by atoms with Crippen LogP contribution in [0.5, 0.6) is 0 Å². The molecule has 1 N–H and O–H groups in total. The van der Waals surface area contributed by atoms with Crippen molar-refractivity contribution >= 4 is 29.1 Å². The highest BCUT2D eigenvalue weighted by Crippen LogP contribution is 2.30. The third kappa shape index (κ3) is 2.61. The fraction of sp³-hybridized carbons (Fsp3) is 0.500. The standard InChI is InChI=1S/C12H16ClNS/c1-8-3-4-10(13)7-12(8)14-11-5-6-15-9(11)2/h3-4,7,9,11,14H,5-6H2,1-2H3. The highest BCUT2D eigenvalue weighted by molar-refractivity contribution is 8.00. The van der Waals surface area contributed by atoms with Gasteiger partial charge in [-0.15, -0.1) is 0 Å². The van der Waals surface area contributed by atoms with Gasteiger partial charge in [0.1, 0.15) is 0 Å². The molecule has 0 saturated carbocycles. The molecule has 1 aromatic carbocycles. The molecule has 1 heterocycles. The Balaban J connectivity index is 2.12. The van der Waals surface area contributed by atoms with Crippen LogP contribution in [0.1, 0.15) is 18.9 Å². The number of halogens is 1. The Morgan fingerprint density at radius 2 is 2.27 bits per heavy atom. The Labute approximate surface area is 101 Å². The Bertz CT molecular complexity index is 353. The predicted molar refractivity (Wildman–Crippen MR) is 70.1 cm³/mol. The Hall–Kier alpha value is -0.340. The van der Waals surface area contributed by atoms with E-state index in [4.69, 9.17) is 11.6 Å². The van der Waals surface area contributed by atoms with Crippen LogP contribution in [0.25, 0.3) is 0 Å². The number of nitrogens with one attached hydrogen (secondary N) is 1. The van der Waals surface area contributed by atoms with E-state index in [1.54, 1.807) is 0 Å². The maximum atomic E-state index is 5.99. The van der Waals surface area contributed by atoms with E-state index in [0.717, 1.165) is 5.02 Å². The van der Waals surface area contributed by atoms with Crippen LogP contribution in [0.2, 0.25) is 5.02 Å². The molecule has 2 atom stereocenters. The highest BCUT2D eigenvalue weighted by Gasteiger charge is 2.23. The fourth-order valence-electron chi connectivity index (χ4n) is 1.87. The van der Waals surface area contributed by atoms with Crippen molar-refractivity contribution < 1.29 is 0 Å². The normalized spacial score (nSPS) is 25.5. The van der Waals surface area contributed by atoms with Crippen molar-refractivity contribution in [2.24, 2.45) is 0 Å². The van der Waals surface area contributed by atoms with Crippen LogP contribution in [0.3, 0.4) is 0 Å². The van der Waals surface area contributed by atoms with Crippen molar-refractivity contribution in [1.82, 2.24) is 0 Å². The SMILES string of the molecule is Cc1ccc(Cl)cc1NC1CCSC1C. The van der Waals surface area contributed by atoms with Gasteiger partial charge in [-0.1, -0.05) is 24.6 Å². The summed E-state index contributed by atoms with van der Waals surface area (Å²) in [4.78, 5) is 0. The van der Waals surface area contributed by atoms with Gasteiger partial charge in [0.15, 0.2) is 0 Å². The first-order chi connectivity index (χ1) is 7.16. The zero-order chi connectivity index (χ0) is 10.8. The minimum atomic E-state index is 0.590. The number of benzene rings is 1. The summed E-state index contributed by atoms with van der Waals surface area (Å²) in [6, 6.07) is 6.62. The first-order valence-electron chi connectivity index (χ1n) is 5.31. The summed E-state index contributed by atoms with van der Waals surface area (Å²) in [6.45, 7) is 4.40. The van der Waals surface area contributed by atoms with E-state index in [0.29, 0.717) is 11.3 Å². The second-order valence-corrected chi connectivity index (χ2v) is 6.00. The number of rotatable bonds is 2. The summed E-state index contributed by atoms with van der Waals surface area (Å²) in [5, 5.41) is 5.10. The molecule has 2 rings (SSSR count). The highest BCUT2D eigenvalue weighted by atomic mass is 35.5. The second-order valence-electron chi connectivity index (χ2n) is 4.07. The van der Waals surface area contributed by atoms with E-state index in [-0.39, 0.29) is 0 Å². The van der Waals surface area contributed by atoms with Gasteiger partial charge in [-0.25, -0.2) is 0 Å². The Kier molecular flexibility index (Phi) is 3.47. The number of aryl methyl sites for hydroxylation is 1. The quantitative estimate of drug-likeness (QED) is 0.842. The third-order valence-electron chi connectivity index (χ3n) is 2.92. The van der Waals surface area contributed by atoms with E-state index in [1.165, 1.54) is 23.4 Å². The average molecular weight is 242 g/mol. The molecule has 0 aromatic heterocycles. The van der Waals surface area contributed by atoms with Crippen LogP contribution >= 0.6 is 23.4 Å². The molecule has 0 aliphatic carbocycles. The summed E-state index contributed by atoms with van der Waals surface area (Å²) < 4.78 is 0. The Morgan fingerprint density at radius 3 is 2.93 bits per heavy atom. The molecule has 1 aromatic rings. The van der Waals surface area contributed by atoms with Gasteiger partial charge in [0, 0.05) is 22.0 Å². The maximum absolute atomic E-state index is 5.99. The van der Waals surface area contributed by atoms with E-state index >= 15 is 0 Å². The molecule has 0 bridgehead atoms. The van der Waals surface area contributed by atoms with Gasteiger partial charge in [0.2, 0.25) is 0 Å². The predicted octanol–water partition coefficient (Wildman–Crippen LogP) is 3.95. The summed E-state index contributed by atoms with van der Waals surface area (Å²) in [5.41, 5.74) is 2.45. The van der Waals surface area contributed by atoms with Crippen LogP contribution in [0, 0.1) is 6.92 Å². The van der Waals surface area contributed by atoms with E-state index in [2.05, 4.69) is 25.2 Å². The molecule has 15 heavy (non-hydrogen) atoms. The fourth-order valence-corrected chi connectivity index (χ4v) is 3.24. The molecule has 1 saturated heterocycles. The Morgan fingerprint density at radius 1 is 1.47 bits per heavy atom. The van der Waals surface area contributed by atoms with Gasteiger partial charge in [0.05, 0.1) is 0 Å². The van der Waals surface area contributed by atoms with Crippen molar-refractivity contribution in [3.63, 3.8) is 0 Å². The monoisotopic (exact) mass is 241 g/mol. The van der Waals surface area contributed by atoms with Crippen molar-refractivity contribution in [1.29, 1.82) is 0 Å². The van der Waals surface area contributed by atoms with Crippen LogP contribution in [0.4, 0.5) is 5.69 Å². The number of thioether (sulfide) groups is 1. The molecular formula is C12H16ClNS. The van der Waals surface area contributed by atoms with E-state index < -0.39 is 0 Å². The molecule has 0 spiro atoms. The topological polar surface area (TPSA) is 12.0 Å². The van der Waals surface area contributed by atoms with Gasteiger partial charge >= 0.3 is 0 Å². The zero-order valence-electron chi connectivity index (χ0n) is 9.09. The molecule has 1 fully saturated rings. The lowest BCUT2D eigenvalue weighted by molar-refractivity contribution is 0.723. The van der Waals surface area contributed by atoms with Crippen molar-refractivity contribution in [3.05, 3.63) is 28.8 Å². The van der Waals surface area contributed by atoms with Crippen LogP contribution in [0.15, 0.2) is 18.2 Å². The zero-order valence-corrected chi connectivity index (χ0v) is 10.7. The van der Waals surface area contributed by atoms with Gasteiger partial charge in [-0.3, -0.25) is 0 Å². The van der Waals surface area contributed by atoms with Crippen LogP contribution < -0.4 is 5.32 Å². The summed E-state index contributed by atoms with van der Waals surface area (Å²) in [6.07, 6.45) is 1.25. The van der Waals surface area contributed by atoms with Crippen molar-refractivity contribution in [3.8, 4) is 0 Å². The van der Waals surface area contributed by atoms with Gasteiger partial charge < -0.3 is 5.32 Å².